The average molecular weight is 283 g/mol. The summed E-state index contributed by atoms with van der Waals surface area (Å²) < 4.78 is 0. The molecule has 106 valence electrons. The number of nitrogens with one attached hydrogen (secondary N) is 1. The molecule has 19 heavy (non-hydrogen) atoms. The van der Waals surface area contributed by atoms with Crippen LogP contribution in [0.3, 0.4) is 0 Å². The lowest BCUT2D eigenvalue weighted by Gasteiger charge is -2.36. The first-order valence-corrected chi connectivity index (χ1v) is 6.73. The lowest BCUT2D eigenvalue weighted by atomic mass is 10.1. The summed E-state index contributed by atoms with van der Waals surface area (Å²) in [5, 5.41) is 3.44. The van der Waals surface area contributed by atoms with Gasteiger partial charge in [-0.1, -0.05) is 30.3 Å². The molecule has 0 spiro atoms. The van der Waals surface area contributed by atoms with E-state index in [-0.39, 0.29) is 18.3 Å². The Balaban J connectivity index is 0.00000180. The van der Waals surface area contributed by atoms with Gasteiger partial charge in [-0.2, -0.15) is 0 Å². The molecule has 1 heterocycles. The van der Waals surface area contributed by atoms with E-state index in [0.29, 0.717) is 18.5 Å². The van der Waals surface area contributed by atoms with Crippen LogP contribution in [0.25, 0.3) is 0 Å². The van der Waals surface area contributed by atoms with Gasteiger partial charge < -0.3 is 10.2 Å². The number of carbonyl (C=O) groups is 1. The molecule has 0 aliphatic carbocycles. The lowest BCUT2D eigenvalue weighted by Crippen LogP contribution is -2.55. The zero-order valence-corrected chi connectivity index (χ0v) is 12.5. The van der Waals surface area contributed by atoms with Gasteiger partial charge in [0.15, 0.2) is 0 Å². The SMILES string of the molecule is CC1CN(C(=O)CCc2ccccc2)CC(C)N1.Cl. The van der Waals surface area contributed by atoms with Crippen LogP contribution in [0.15, 0.2) is 30.3 Å². The normalized spacial score (nSPS) is 22.7. The van der Waals surface area contributed by atoms with Crippen LogP contribution in [0.4, 0.5) is 0 Å². The minimum atomic E-state index is 0. The molecule has 0 aromatic heterocycles. The van der Waals surface area contributed by atoms with E-state index in [1.54, 1.807) is 0 Å². The number of amides is 1. The maximum atomic E-state index is 12.2. The van der Waals surface area contributed by atoms with E-state index in [1.807, 2.05) is 23.1 Å². The molecule has 2 atom stereocenters. The van der Waals surface area contributed by atoms with Crippen molar-refractivity contribution in [2.24, 2.45) is 0 Å². The van der Waals surface area contributed by atoms with E-state index < -0.39 is 0 Å². The van der Waals surface area contributed by atoms with Crippen LogP contribution in [0.5, 0.6) is 0 Å². The van der Waals surface area contributed by atoms with Gasteiger partial charge in [-0.25, -0.2) is 0 Å². The van der Waals surface area contributed by atoms with Crippen molar-refractivity contribution in [1.82, 2.24) is 10.2 Å². The minimum absolute atomic E-state index is 0. The van der Waals surface area contributed by atoms with Crippen LogP contribution in [0.1, 0.15) is 25.8 Å². The van der Waals surface area contributed by atoms with E-state index in [0.717, 1.165) is 19.5 Å². The molecule has 1 aromatic rings. The maximum absolute atomic E-state index is 12.2. The molecule has 1 saturated heterocycles. The van der Waals surface area contributed by atoms with Crippen LogP contribution in [-0.4, -0.2) is 36.0 Å². The average Bonchev–Trinajstić information content (AvgIpc) is 2.36. The predicted octanol–water partition coefficient (Wildman–Crippen LogP) is 2.25. The van der Waals surface area contributed by atoms with Crippen molar-refractivity contribution in [1.29, 1.82) is 0 Å². The van der Waals surface area contributed by atoms with E-state index in [2.05, 4.69) is 31.3 Å². The first-order chi connectivity index (χ1) is 8.65. The highest BCUT2D eigenvalue weighted by atomic mass is 35.5. The van der Waals surface area contributed by atoms with Crippen LogP contribution < -0.4 is 5.32 Å². The Morgan fingerprint density at radius 3 is 2.37 bits per heavy atom. The van der Waals surface area contributed by atoms with E-state index in [4.69, 9.17) is 0 Å². The van der Waals surface area contributed by atoms with Crippen LogP contribution in [0.2, 0.25) is 0 Å². The molecular weight excluding hydrogens is 260 g/mol. The molecule has 0 saturated carbocycles. The molecule has 0 radical (unpaired) electrons. The highest BCUT2D eigenvalue weighted by Gasteiger charge is 2.24. The van der Waals surface area contributed by atoms with Gasteiger partial charge >= 0.3 is 0 Å². The van der Waals surface area contributed by atoms with Crippen LogP contribution in [-0.2, 0) is 11.2 Å². The smallest absolute Gasteiger partial charge is 0.223 e. The van der Waals surface area contributed by atoms with E-state index in [9.17, 15) is 4.79 Å². The van der Waals surface area contributed by atoms with Crippen molar-refractivity contribution < 1.29 is 4.79 Å². The fourth-order valence-corrected chi connectivity index (χ4v) is 2.58. The monoisotopic (exact) mass is 282 g/mol. The van der Waals surface area contributed by atoms with Gasteiger partial charge in [-0.05, 0) is 25.8 Å². The van der Waals surface area contributed by atoms with Gasteiger partial charge in [-0.15, -0.1) is 12.4 Å². The number of hydrogen-bond donors (Lipinski definition) is 1. The molecule has 2 rings (SSSR count). The highest BCUT2D eigenvalue weighted by Crippen LogP contribution is 2.09. The molecule has 1 amide bonds. The standard InChI is InChI=1S/C15H22N2O.ClH/c1-12-10-17(11-13(2)16-12)15(18)9-8-14-6-4-3-5-7-14;/h3-7,12-13,16H,8-11H2,1-2H3;1H. The third-order valence-electron chi connectivity index (χ3n) is 3.38. The Labute approximate surface area is 121 Å². The van der Waals surface area contributed by atoms with Crippen molar-refractivity contribution in [2.75, 3.05) is 13.1 Å². The summed E-state index contributed by atoms with van der Waals surface area (Å²) in [5.74, 6) is 0.277. The lowest BCUT2D eigenvalue weighted by molar-refractivity contribution is -0.132. The quantitative estimate of drug-likeness (QED) is 0.922. The Kier molecular flexibility index (Phi) is 6.32. The molecular formula is C15H23ClN2O. The van der Waals surface area contributed by atoms with Crippen molar-refractivity contribution in [2.45, 2.75) is 38.8 Å². The summed E-state index contributed by atoms with van der Waals surface area (Å²) in [7, 11) is 0. The molecule has 1 aliphatic heterocycles. The second-order valence-electron chi connectivity index (χ2n) is 5.25. The largest absolute Gasteiger partial charge is 0.340 e. The van der Waals surface area contributed by atoms with E-state index in [1.165, 1.54) is 5.56 Å². The molecule has 1 fully saturated rings. The first-order valence-electron chi connectivity index (χ1n) is 6.73. The third kappa shape index (κ3) is 4.84. The minimum Gasteiger partial charge on any atom is -0.340 e. The summed E-state index contributed by atoms with van der Waals surface area (Å²) in [5.41, 5.74) is 1.24. The molecule has 4 heteroatoms. The molecule has 2 unspecified atom stereocenters. The van der Waals surface area contributed by atoms with Gasteiger partial charge in [0.2, 0.25) is 5.91 Å². The molecule has 0 bridgehead atoms. The summed E-state index contributed by atoms with van der Waals surface area (Å²) in [6.07, 6.45) is 1.45. The number of nitrogens with zero attached hydrogens (tertiary/aromatic N) is 1. The van der Waals surface area contributed by atoms with Crippen LogP contribution in [0, 0.1) is 0 Å². The topological polar surface area (TPSA) is 32.3 Å². The summed E-state index contributed by atoms with van der Waals surface area (Å²) >= 11 is 0. The van der Waals surface area contributed by atoms with Gasteiger partial charge in [0.05, 0.1) is 0 Å². The molecule has 1 aromatic carbocycles. The number of rotatable bonds is 3. The predicted molar refractivity (Wildman–Crippen MR) is 80.7 cm³/mol. The number of carbonyl (C=O) groups excluding carboxylic acids is 1. The summed E-state index contributed by atoms with van der Waals surface area (Å²) in [6, 6.07) is 11.0. The Morgan fingerprint density at radius 1 is 1.21 bits per heavy atom. The maximum Gasteiger partial charge on any atom is 0.223 e. The zero-order valence-electron chi connectivity index (χ0n) is 11.6. The van der Waals surface area contributed by atoms with Gasteiger partial charge in [0.1, 0.15) is 0 Å². The van der Waals surface area contributed by atoms with Crippen molar-refractivity contribution in [3.63, 3.8) is 0 Å². The van der Waals surface area contributed by atoms with Crippen molar-refractivity contribution in [3.05, 3.63) is 35.9 Å². The number of benzene rings is 1. The Morgan fingerprint density at radius 2 is 1.79 bits per heavy atom. The second kappa shape index (κ2) is 7.51. The number of piperazine rings is 1. The van der Waals surface area contributed by atoms with Gasteiger partial charge in [0, 0.05) is 31.6 Å². The fourth-order valence-electron chi connectivity index (χ4n) is 2.58. The zero-order chi connectivity index (χ0) is 13.0. The summed E-state index contributed by atoms with van der Waals surface area (Å²) in [4.78, 5) is 14.2. The Hall–Kier alpha value is -1.06. The van der Waals surface area contributed by atoms with Crippen LogP contribution >= 0.6 is 12.4 Å². The van der Waals surface area contributed by atoms with Crippen molar-refractivity contribution in [3.8, 4) is 0 Å². The first kappa shape index (κ1) is 16.0. The van der Waals surface area contributed by atoms with E-state index >= 15 is 0 Å². The Bertz CT molecular complexity index is 386. The second-order valence-corrected chi connectivity index (χ2v) is 5.25. The van der Waals surface area contributed by atoms with Crippen molar-refractivity contribution >= 4 is 18.3 Å². The third-order valence-corrected chi connectivity index (χ3v) is 3.38. The highest BCUT2D eigenvalue weighted by molar-refractivity contribution is 5.85. The number of halogens is 1. The molecule has 1 aliphatic rings. The van der Waals surface area contributed by atoms with Gasteiger partial charge in [0.25, 0.3) is 0 Å². The summed E-state index contributed by atoms with van der Waals surface area (Å²) in [6.45, 7) is 5.93. The molecule has 1 N–H and O–H groups in total. The molecule has 3 nitrogen and oxygen atoms in total. The number of hydrogen-bond acceptors (Lipinski definition) is 2. The van der Waals surface area contributed by atoms with Gasteiger partial charge in [-0.3, -0.25) is 4.79 Å². The fraction of sp³-hybridized carbons (Fsp3) is 0.533. The number of aryl methyl sites for hydroxylation is 1.